The fourth-order valence-corrected chi connectivity index (χ4v) is 3.56. The van der Waals surface area contributed by atoms with Gasteiger partial charge in [0.05, 0.1) is 39.9 Å². The van der Waals surface area contributed by atoms with Gasteiger partial charge in [0.25, 0.3) is 0 Å². The number of rotatable bonds is 6. The third kappa shape index (κ3) is 5.10. The lowest BCUT2D eigenvalue weighted by Gasteiger charge is -2.12. The van der Waals surface area contributed by atoms with Crippen LogP contribution < -0.4 is 4.72 Å². The van der Waals surface area contributed by atoms with Gasteiger partial charge in [-0.2, -0.15) is 10.5 Å². The Hall–Kier alpha value is -4.81. The summed E-state index contributed by atoms with van der Waals surface area (Å²) in [5, 5.41) is 34.9. The van der Waals surface area contributed by atoms with Crippen molar-refractivity contribution in [3.63, 3.8) is 0 Å². The average Bonchev–Trinajstić information content (AvgIpc) is 2.77. The molecule has 0 radical (unpaired) electrons. The lowest BCUT2D eigenvalue weighted by molar-refractivity contribution is 0.0476. The molecule has 0 spiro atoms. The minimum atomic E-state index is -3.64. The Morgan fingerprint density at radius 3 is 2.39 bits per heavy atom. The summed E-state index contributed by atoms with van der Waals surface area (Å²) in [5.41, 5.74) is -0.293. The molecular formula is C21H13N5O6S. The number of carboxylic acid groups (broad SMARTS) is 1. The first-order valence-corrected chi connectivity index (χ1v) is 10.9. The van der Waals surface area contributed by atoms with Gasteiger partial charge in [0, 0.05) is 10.7 Å². The molecule has 0 aromatic heterocycles. The standard InChI is InChI=1S/C21H13N5O6S/c1-33(30,31)25-18-4-2-3-16-15(18)7-8-17(20(27)28)19(16)21(29)32-26-24-14-6-5-12(10-22)13(9-14)11-23/h2-9,25H,1H3,(H,27,28). The molecule has 0 aliphatic heterocycles. The molecule has 0 fully saturated rings. The first-order valence-electron chi connectivity index (χ1n) is 8.98. The van der Waals surface area contributed by atoms with Crippen molar-refractivity contribution >= 4 is 44.1 Å². The van der Waals surface area contributed by atoms with Crippen molar-refractivity contribution < 1.29 is 28.0 Å². The second-order valence-electron chi connectivity index (χ2n) is 6.58. The number of carbonyl (C=O) groups is 2. The molecule has 0 saturated carbocycles. The summed E-state index contributed by atoms with van der Waals surface area (Å²) < 4.78 is 25.6. The molecule has 0 aliphatic carbocycles. The molecule has 33 heavy (non-hydrogen) atoms. The summed E-state index contributed by atoms with van der Waals surface area (Å²) in [6.45, 7) is 0. The average molecular weight is 463 g/mol. The largest absolute Gasteiger partial charge is 0.478 e. The minimum absolute atomic E-state index is 0.0494. The van der Waals surface area contributed by atoms with Crippen LogP contribution in [0.3, 0.4) is 0 Å². The zero-order valence-corrected chi connectivity index (χ0v) is 17.6. The zero-order valence-electron chi connectivity index (χ0n) is 16.8. The number of benzene rings is 3. The van der Waals surface area contributed by atoms with Crippen molar-refractivity contribution in [1.29, 1.82) is 10.5 Å². The normalized spacial score (nSPS) is 11.0. The van der Waals surface area contributed by atoms with Crippen molar-refractivity contribution in [2.45, 2.75) is 0 Å². The van der Waals surface area contributed by atoms with Gasteiger partial charge in [-0.1, -0.05) is 18.2 Å². The molecule has 3 rings (SSSR count). The predicted molar refractivity (Wildman–Crippen MR) is 115 cm³/mol. The maximum absolute atomic E-state index is 12.7. The molecule has 0 amide bonds. The molecule has 0 atom stereocenters. The Labute approximate surface area is 187 Å². The molecule has 3 aromatic rings. The first kappa shape index (κ1) is 22.9. The number of nitrogens with one attached hydrogen (secondary N) is 1. The SMILES string of the molecule is CS(=O)(=O)Nc1cccc2c(C(=O)ON=Nc3ccc(C#N)c(C#N)c3)c(C(=O)O)ccc12. The third-order valence-electron chi connectivity index (χ3n) is 4.32. The van der Waals surface area contributed by atoms with E-state index in [1.807, 2.05) is 12.1 Å². The molecule has 164 valence electrons. The fourth-order valence-electron chi connectivity index (χ4n) is 2.98. The maximum atomic E-state index is 12.7. The van der Waals surface area contributed by atoms with E-state index in [4.69, 9.17) is 15.4 Å². The van der Waals surface area contributed by atoms with E-state index in [1.165, 1.54) is 42.5 Å². The number of anilines is 1. The molecule has 12 heteroatoms. The van der Waals surface area contributed by atoms with Crippen LogP contribution in [0.25, 0.3) is 10.8 Å². The summed E-state index contributed by atoms with van der Waals surface area (Å²) in [6.07, 6.45) is 0.952. The molecule has 0 aliphatic rings. The second kappa shape index (κ2) is 9.13. The number of nitrogens with zero attached hydrogens (tertiary/aromatic N) is 4. The molecule has 3 aromatic carbocycles. The summed E-state index contributed by atoms with van der Waals surface area (Å²) in [7, 11) is -3.64. The van der Waals surface area contributed by atoms with Gasteiger partial charge >= 0.3 is 11.9 Å². The topological polar surface area (TPSA) is 182 Å². The Balaban J connectivity index is 2.00. The Morgan fingerprint density at radius 1 is 1.03 bits per heavy atom. The predicted octanol–water partition coefficient (Wildman–Crippen LogP) is 3.51. The molecule has 0 saturated heterocycles. The Bertz CT molecular complexity index is 1520. The number of nitriles is 2. The van der Waals surface area contributed by atoms with E-state index in [1.54, 1.807) is 0 Å². The van der Waals surface area contributed by atoms with Crippen molar-refractivity contribution in [1.82, 2.24) is 0 Å². The highest BCUT2D eigenvalue weighted by molar-refractivity contribution is 7.92. The number of carboxylic acids is 1. The van der Waals surface area contributed by atoms with E-state index in [2.05, 4.69) is 15.1 Å². The molecule has 0 unspecified atom stereocenters. The van der Waals surface area contributed by atoms with E-state index >= 15 is 0 Å². The van der Waals surface area contributed by atoms with E-state index in [0.717, 1.165) is 12.3 Å². The number of aromatic carboxylic acids is 1. The van der Waals surface area contributed by atoms with Gasteiger partial charge in [0.1, 0.15) is 12.1 Å². The van der Waals surface area contributed by atoms with Gasteiger partial charge in [-0.15, -0.1) is 5.11 Å². The zero-order chi connectivity index (χ0) is 24.2. The van der Waals surface area contributed by atoms with Crippen LogP contribution in [-0.2, 0) is 14.9 Å². The van der Waals surface area contributed by atoms with E-state index in [-0.39, 0.29) is 44.4 Å². The van der Waals surface area contributed by atoms with Crippen LogP contribution in [0.5, 0.6) is 0 Å². The first-order chi connectivity index (χ1) is 15.6. The van der Waals surface area contributed by atoms with Crippen LogP contribution in [-0.4, -0.2) is 31.7 Å². The lowest BCUT2D eigenvalue weighted by Crippen LogP contribution is -2.12. The van der Waals surface area contributed by atoms with E-state index < -0.39 is 22.0 Å². The summed E-state index contributed by atoms with van der Waals surface area (Å²) in [5.74, 6) is -2.56. The van der Waals surface area contributed by atoms with Crippen molar-refractivity contribution in [2.24, 2.45) is 10.4 Å². The smallest absolute Gasteiger partial charge is 0.369 e. The van der Waals surface area contributed by atoms with Crippen LogP contribution in [0.2, 0.25) is 0 Å². The van der Waals surface area contributed by atoms with Gasteiger partial charge in [-0.05, 0) is 35.7 Å². The van der Waals surface area contributed by atoms with Gasteiger partial charge < -0.3 is 5.11 Å². The summed E-state index contributed by atoms with van der Waals surface area (Å²) >= 11 is 0. The number of carbonyl (C=O) groups excluding carboxylic acids is 1. The van der Waals surface area contributed by atoms with E-state index in [9.17, 15) is 23.1 Å². The molecule has 0 heterocycles. The van der Waals surface area contributed by atoms with Crippen LogP contribution in [0.4, 0.5) is 11.4 Å². The molecular weight excluding hydrogens is 450 g/mol. The van der Waals surface area contributed by atoms with Crippen molar-refractivity contribution in [2.75, 3.05) is 11.0 Å². The van der Waals surface area contributed by atoms with Crippen LogP contribution in [0.1, 0.15) is 31.8 Å². The second-order valence-corrected chi connectivity index (χ2v) is 8.33. The molecule has 11 nitrogen and oxygen atoms in total. The highest BCUT2D eigenvalue weighted by Gasteiger charge is 2.23. The summed E-state index contributed by atoms with van der Waals surface area (Å²) in [4.78, 5) is 29.2. The molecule has 0 bridgehead atoms. The van der Waals surface area contributed by atoms with Crippen molar-refractivity contribution in [3.05, 3.63) is 70.8 Å². The number of hydrogen-bond acceptors (Lipinski definition) is 9. The monoisotopic (exact) mass is 463 g/mol. The number of hydrogen-bond donors (Lipinski definition) is 2. The number of fused-ring (bicyclic) bond motifs is 1. The Morgan fingerprint density at radius 2 is 1.76 bits per heavy atom. The maximum Gasteiger partial charge on any atom is 0.369 e. The summed E-state index contributed by atoms with van der Waals surface area (Å²) in [6, 6.07) is 14.5. The van der Waals surface area contributed by atoms with Gasteiger partial charge in [0.15, 0.2) is 0 Å². The van der Waals surface area contributed by atoms with Crippen LogP contribution in [0.15, 0.2) is 58.9 Å². The van der Waals surface area contributed by atoms with Gasteiger partial charge in [-0.3, -0.25) is 9.56 Å². The quantitative estimate of drug-likeness (QED) is 0.411. The molecule has 2 N–H and O–H groups in total. The van der Waals surface area contributed by atoms with Crippen LogP contribution >= 0.6 is 0 Å². The minimum Gasteiger partial charge on any atom is -0.478 e. The van der Waals surface area contributed by atoms with E-state index in [0.29, 0.717) is 0 Å². The van der Waals surface area contributed by atoms with Crippen LogP contribution in [0, 0.1) is 22.7 Å². The van der Waals surface area contributed by atoms with Gasteiger partial charge in [-0.25, -0.2) is 18.0 Å². The fraction of sp³-hybridized carbons (Fsp3) is 0.0476. The lowest BCUT2D eigenvalue weighted by atomic mass is 9.98. The Kier molecular flexibility index (Phi) is 6.33. The highest BCUT2D eigenvalue weighted by atomic mass is 32.2. The number of sulfonamides is 1. The highest BCUT2D eigenvalue weighted by Crippen LogP contribution is 2.30. The van der Waals surface area contributed by atoms with Crippen molar-refractivity contribution in [3.8, 4) is 12.1 Å². The van der Waals surface area contributed by atoms with Gasteiger partial charge in [0.2, 0.25) is 10.0 Å². The third-order valence-corrected chi connectivity index (χ3v) is 4.91.